The molecule has 0 atom stereocenters. The quantitative estimate of drug-likeness (QED) is 0.736. The van der Waals surface area contributed by atoms with Gasteiger partial charge >= 0.3 is 0 Å². The molecule has 0 radical (unpaired) electrons. The van der Waals surface area contributed by atoms with E-state index in [9.17, 15) is 4.79 Å². The highest BCUT2D eigenvalue weighted by Crippen LogP contribution is 2.25. The number of benzene rings is 1. The van der Waals surface area contributed by atoms with Gasteiger partial charge in [0.2, 0.25) is 0 Å². The topological polar surface area (TPSA) is 58.6 Å². The van der Waals surface area contributed by atoms with Gasteiger partial charge in [-0.15, -0.1) is 0 Å². The first-order valence-corrected chi connectivity index (χ1v) is 6.50. The second-order valence-electron chi connectivity index (χ2n) is 4.95. The Morgan fingerprint density at radius 1 is 1.05 bits per heavy atom. The van der Waals surface area contributed by atoms with Crippen LogP contribution in [0.5, 0.6) is 0 Å². The average molecular weight is 265 g/mol. The zero-order chi connectivity index (χ0) is 14.3. The molecule has 0 bridgehead atoms. The number of H-pyrrole nitrogens is 1. The summed E-state index contributed by atoms with van der Waals surface area (Å²) >= 11 is 0. The summed E-state index contributed by atoms with van der Waals surface area (Å²) in [6, 6.07) is 9.82. The fourth-order valence-electron chi connectivity index (χ4n) is 2.28. The highest BCUT2D eigenvalue weighted by molar-refractivity contribution is 5.92. The first-order valence-electron chi connectivity index (χ1n) is 6.50. The third-order valence-electron chi connectivity index (χ3n) is 3.49. The fraction of sp³-hybridized carbons (Fsp3) is 0.188. The zero-order valence-corrected chi connectivity index (χ0v) is 11.7. The molecule has 4 heteroatoms. The van der Waals surface area contributed by atoms with E-state index in [0.717, 1.165) is 27.9 Å². The van der Waals surface area contributed by atoms with E-state index in [1.807, 2.05) is 44.2 Å². The second-order valence-corrected chi connectivity index (χ2v) is 4.95. The lowest BCUT2D eigenvalue weighted by Crippen LogP contribution is -2.14. The molecule has 1 aromatic carbocycles. The van der Waals surface area contributed by atoms with E-state index in [1.165, 1.54) is 0 Å². The number of aromatic nitrogens is 3. The maximum Gasteiger partial charge on any atom is 0.254 e. The monoisotopic (exact) mass is 265 g/mol. The van der Waals surface area contributed by atoms with Crippen LogP contribution in [-0.4, -0.2) is 15.0 Å². The van der Waals surface area contributed by atoms with E-state index in [0.29, 0.717) is 11.4 Å². The minimum absolute atomic E-state index is 0.0916. The van der Waals surface area contributed by atoms with E-state index in [4.69, 9.17) is 0 Å². The van der Waals surface area contributed by atoms with Crippen LogP contribution in [0, 0.1) is 20.8 Å². The molecule has 3 rings (SSSR count). The van der Waals surface area contributed by atoms with Crippen molar-refractivity contribution < 1.29 is 0 Å². The van der Waals surface area contributed by atoms with Crippen molar-refractivity contribution in [3.05, 3.63) is 57.6 Å². The minimum Gasteiger partial charge on any atom is -0.306 e. The van der Waals surface area contributed by atoms with Crippen molar-refractivity contribution in [2.45, 2.75) is 20.8 Å². The number of pyridine rings is 1. The molecule has 0 saturated heterocycles. The van der Waals surface area contributed by atoms with Crippen LogP contribution in [0.3, 0.4) is 0 Å². The van der Waals surface area contributed by atoms with E-state index in [-0.39, 0.29) is 5.56 Å². The van der Waals surface area contributed by atoms with Gasteiger partial charge in [0, 0.05) is 27.9 Å². The number of nitrogens with zero attached hydrogens (tertiary/aromatic N) is 2. The maximum absolute atomic E-state index is 11.9. The van der Waals surface area contributed by atoms with Crippen LogP contribution in [0.1, 0.15) is 17.0 Å². The number of aryl methyl sites for hydroxylation is 2. The molecular weight excluding hydrogens is 250 g/mol. The van der Waals surface area contributed by atoms with Crippen LogP contribution in [-0.2, 0) is 0 Å². The van der Waals surface area contributed by atoms with E-state index < -0.39 is 0 Å². The number of para-hydroxylation sites is 1. The maximum atomic E-state index is 11.9. The van der Waals surface area contributed by atoms with Gasteiger partial charge in [-0.25, -0.2) is 4.98 Å². The van der Waals surface area contributed by atoms with Gasteiger partial charge in [0.25, 0.3) is 5.56 Å². The molecule has 0 aliphatic carbocycles. The van der Waals surface area contributed by atoms with Crippen LogP contribution in [0.25, 0.3) is 22.3 Å². The van der Waals surface area contributed by atoms with E-state index in [2.05, 4.69) is 15.0 Å². The van der Waals surface area contributed by atoms with Crippen molar-refractivity contribution in [1.82, 2.24) is 15.0 Å². The molecule has 0 aliphatic rings. The molecular formula is C16H15N3O. The number of rotatable bonds is 1. The Morgan fingerprint density at radius 2 is 1.80 bits per heavy atom. The Balaban J connectivity index is 2.37. The summed E-state index contributed by atoms with van der Waals surface area (Å²) in [5, 5.41) is 0.990. The number of nitrogens with one attached hydrogen (secondary N) is 1. The predicted octanol–water partition coefficient (Wildman–Crippen LogP) is 2.91. The standard InChI is InChI=1S/C16H15N3O/c1-9-8-13(12-6-4-5-7-14(12)17-9)15-18-11(3)10(2)16(20)19-15/h4-8H,1-3H3,(H,18,19,20). The number of aromatic amines is 1. The number of hydrogen-bond acceptors (Lipinski definition) is 3. The molecule has 0 saturated carbocycles. The van der Waals surface area contributed by atoms with Gasteiger partial charge < -0.3 is 4.98 Å². The molecule has 2 aromatic heterocycles. The van der Waals surface area contributed by atoms with Gasteiger partial charge in [-0.1, -0.05) is 18.2 Å². The van der Waals surface area contributed by atoms with E-state index in [1.54, 1.807) is 6.92 Å². The van der Waals surface area contributed by atoms with Crippen LogP contribution < -0.4 is 5.56 Å². The number of hydrogen-bond donors (Lipinski definition) is 1. The van der Waals surface area contributed by atoms with Crippen LogP contribution in [0.2, 0.25) is 0 Å². The van der Waals surface area contributed by atoms with E-state index >= 15 is 0 Å². The smallest absolute Gasteiger partial charge is 0.254 e. The molecule has 3 aromatic rings. The fourth-order valence-corrected chi connectivity index (χ4v) is 2.28. The molecule has 100 valence electrons. The van der Waals surface area contributed by atoms with Gasteiger partial charge in [0.05, 0.1) is 5.52 Å². The molecule has 0 aliphatic heterocycles. The average Bonchev–Trinajstić information content (AvgIpc) is 2.43. The summed E-state index contributed by atoms with van der Waals surface area (Å²) < 4.78 is 0. The third-order valence-corrected chi connectivity index (χ3v) is 3.49. The minimum atomic E-state index is -0.0916. The summed E-state index contributed by atoms with van der Waals surface area (Å²) in [6.07, 6.45) is 0. The van der Waals surface area contributed by atoms with Gasteiger partial charge in [0.15, 0.2) is 0 Å². The highest BCUT2D eigenvalue weighted by atomic mass is 16.1. The van der Waals surface area contributed by atoms with Crippen LogP contribution >= 0.6 is 0 Å². The molecule has 0 fully saturated rings. The summed E-state index contributed by atoms with van der Waals surface area (Å²) in [7, 11) is 0. The molecule has 0 amide bonds. The SMILES string of the molecule is Cc1cc(-c2nc(C)c(C)c(=O)[nH]2)c2ccccc2n1. The zero-order valence-electron chi connectivity index (χ0n) is 11.7. The first-order chi connectivity index (χ1) is 9.56. The van der Waals surface area contributed by atoms with Gasteiger partial charge in [-0.3, -0.25) is 9.78 Å². The lowest BCUT2D eigenvalue weighted by molar-refractivity contribution is 1.03. The molecule has 2 heterocycles. The van der Waals surface area contributed by atoms with Crippen molar-refractivity contribution in [3.63, 3.8) is 0 Å². The van der Waals surface area contributed by atoms with Crippen molar-refractivity contribution in [2.75, 3.05) is 0 Å². The summed E-state index contributed by atoms with van der Waals surface area (Å²) in [4.78, 5) is 23.8. The van der Waals surface area contributed by atoms with Crippen molar-refractivity contribution in [3.8, 4) is 11.4 Å². The van der Waals surface area contributed by atoms with Gasteiger partial charge in [-0.05, 0) is 32.9 Å². The molecule has 0 spiro atoms. The third kappa shape index (κ3) is 1.99. The second kappa shape index (κ2) is 4.56. The Morgan fingerprint density at radius 3 is 2.55 bits per heavy atom. The lowest BCUT2D eigenvalue weighted by atomic mass is 10.1. The molecule has 0 unspecified atom stereocenters. The van der Waals surface area contributed by atoms with Gasteiger partial charge in [-0.2, -0.15) is 0 Å². The normalized spacial score (nSPS) is 10.9. The Labute approximate surface area is 116 Å². The highest BCUT2D eigenvalue weighted by Gasteiger charge is 2.10. The van der Waals surface area contributed by atoms with Crippen molar-refractivity contribution in [1.29, 1.82) is 0 Å². The van der Waals surface area contributed by atoms with Crippen molar-refractivity contribution >= 4 is 10.9 Å². The van der Waals surface area contributed by atoms with Crippen LogP contribution in [0.4, 0.5) is 0 Å². The summed E-state index contributed by atoms with van der Waals surface area (Å²) in [5.74, 6) is 0.597. The summed E-state index contributed by atoms with van der Waals surface area (Å²) in [6.45, 7) is 5.57. The number of fused-ring (bicyclic) bond motifs is 1. The Kier molecular flexibility index (Phi) is 2.86. The molecule has 4 nitrogen and oxygen atoms in total. The van der Waals surface area contributed by atoms with Crippen LogP contribution in [0.15, 0.2) is 35.1 Å². The summed E-state index contributed by atoms with van der Waals surface area (Å²) in [5.41, 5.74) is 4.04. The Bertz CT molecular complexity index is 865. The molecule has 20 heavy (non-hydrogen) atoms. The van der Waals surface area contributed by atoms with Gasteiger partial charge in [0.1, 0.15) is 5.82 Å². The largest absolute Gasteiger partial charge is 0.306 e. The molecule has 1 N–H and O–H groups in total. The lowest BCUT2D eigenvalue weighted by Gasteiger charge is -2.08. The first kappa shape index (κ1) is 12.5. The van der Waals surface area contributed by atoms with Crippen molar-refractivity contribution in [2.24, 2.45) is 0 Å². The Hall–Kier alpha value is -2.49. The predicted molar refractivity (Wildman–Crippen MR) is 79.8 cm³/mol.